The van der Waals surface area contributed by atoms with Gasteiger partial charge in [-0.1, -0.05) is 24.3 Å². The lowest BCUT2D eigenvalue weighted by Crippen LogP contribution is -2.09. The molecule has 0 aliphatic rings. The van der Waals surface area contributed by atoms with Crippen LogP contribution in [0, 0.1) is 0 Å². The second-order valence-corrected chi connectivity index (χ2v) is 5.64. The molecular weight excluding hydrogens is 327 g/mol. The fourth-order valence-corrected chi connectivity index (χ4v) is 3.06. The molecule has 2 aromatic rings. The molecule has 23 heavy (non-hydrogen) atoms. The SMILES string of the molecule is COC(=O)c1ncccc1CSCc1ccccc1C(F)(F)F. The minimum Gasteiger partial charge on any atom is -0.464 e. The Balaban J connectivity index is 2.09. The molecule has 0 unspecified atom stereocenters. The van der Waals surface area contributed by atoms with Gasteiger partial charge in [-0.15, -0.1) is 0 Å². The molecule has 0 saturated heterocycles. The van der Waals surface area contributed by atoms with Crippen molar-refractivity contribution in [3.63, 3.8) is 0 Å². The zero-order chi connectivity index (χ0) is 16.9. The van der Waals surface area contributed by atoms with Crippen LogP contribution in [0.1, 0.15) is 27.2 Å². The number of carbonyl (C=O) groups is 1. The number of hydrogen-bond acceptors (Lipinski definition) is 4. The second-order valence-electron chi connectivity index (χ2n) is 4.65. The van der Waals surface area contributed by atoms with Gasteiger partial charge in [-0.2, -0.15) is 24.9 Å². The van der Waals surface area contributed by atoms with E-state index < -0.39 is 17.7 Å². The van der Waals surface area contributed by atoms with Crippen molar-refractivity contribution in [2.45, 2.75) is 17.7 Å². The Labute approximate surface area is 135 Å². The third-order valence-corrected chi connectivity index (χ3v) is 4.14. The molecule has 0 aliphatic carbocycles. The quantitative estimate of drug-likeness (QED) is 0.759. The highest BCUT2D eigenvalue weighted by molar-refractivity contribution is 7.97. The van der Waals surface area contributed by atoms with E-state index in [1.807, 2.05) is 0 Å². The van der Waals surface area contributed by atoms with Crippen molar-refractivity contribution in [3.8, 4) is 0 Å². The summed E-state index contributed by atoms with van der Waals surface area (Å²) in [5.74, 6) is -0.00719. The van der Waals surface area contributed by atoms with Gasteiger partial charge >= 0.3 is 12.1 Å². The number of pyridine rings is 1. The summed E-state index contributed by atoms with van der Waals surface area (Å²) in [5, 5.41) is 0. The number of nitrogens with zero attached hydrogens (tertiary/aromatic N) is 1. The third-order valence-electron chi connectivity index (χ3n) is 3.11. The molecule has 3 nitrogen and oxygen atoms in total. The smallest absolute Gasteiger partial charge is 0.416 e. The molecule has 0 radical (unpaired) electrons. The van der Waals surface area contributed by atoms with Gasteiger partial charge in [0, 0.05) is 17.7 Å². The molecule has 122 valence electrons. The van der Waals surface area contributed by atoms with E-state index in [9.17, 15) is 18.0 Å². The predicted molar refractivity (Wildman–Crippen MR) is 82.0 cm³/mol. The average molecular weight is 341 g/mol. The molecule has 1 aromatic heterocycles. The minimum atomic E-state index is -4.37. The van der Waals surface area contributed by atoms with Crippen molar-refractivity contribution in [2.24, 2.45) is 0 Å². The zero-order valence-corrected chi connectivity index (χ0v) is 13.1. The molecule has 0 N–H and O–H groups in total. The van der Waals surface area contributed by atoms with Gasteiger partial charge in [0.05, 0.1) is 12.7 Å². The van der Waals surface area contributed by atoms with Crippen LogP contribution in [0.2, 0.25) is 0 Å². The van der Waals surface area contributed by atoms with Crippen LogP contribution in [0.15, 0.2) is 42.6 Å². The van der Waals surface area contributed by atoms with Crippen molar-refractivity contribution < 1.29 is 22.7 Å². The van der Waals surface area contributed by atoms with Crippen molar-refractivity contribution in [3.05, 3.63) is 65.0 Å². The molecule has 0 amide bonds. The summed E-state index contributed by atoms with van der Waals surface area (Å²) in [4.78, 5) is 15.6. The zero-order valence-electron chi connectivity index (χ0n) is 12.3. The first kappa shape index (κ1) is 17.3. The number of ether oxygens (including phenoxy) is 1. The normalized spacial score (nSPS) is 11.3. The van der Waals surface area contributed by atoms with Crippen molar-refractivity contribution in [2.75, 3.05) is 7.11 Å². The van der Waals surface area contributed by atoms with Crippen LogP contribution >= 0.6 is 11.8 Å². The first-order chi connectivity index (χ1) is 10.9. The van der Waals surface area contributed by atoms with E-state index in [1.165, 1.54) is 37.2 Å². The molecule has 7 heteroatoms. The summed E-state index contributed by atoms with van der Waals surface area (Å²) >= 11 is 1.28. The van der Waals surface area contributed by atoms with Gasteiger partial charge in [0.1, 0.15) is 0 Å². The molecular formula is C16H14F3NO2S. The van der Waals surface area contributed by atoms with E-state index in [4.69, 9.17) is 0 Å². The van der Waals surface area contributed by atoms with Gasteiger partial charge in [-0.25, -0.2) is 9.78 Å². The summed E-state index contributed by atoms with van der Waals surface area (Å²) in [6.07, 6.45) is -2.90. The molecule has 0 spiro atoms. The number of rotatable bonds is 5. The number of carbonyl (C=O) groups excluding carboxylic acids is 1. The third kappa shape index (κ3) is 4.48. The molecule has 0 bridgehead atoms. The average Bonchev–Trinajstić information content (AvgIpc) is 2.54. The van der Waals surface area contributed by atoms with Crippen molar-refractivity contribution in [1.82, 2.24) is 4.98 Å². The summed E-state index contributed by atoms with van der Waals surface area (Å²) in [6, 6.07) is 8.86. The topological polar surface area (TPSA) is 39.2 Å². The second kappa shape index (κ2) is 7.50. The minimum absolute atomic E-state index is 0.186. The van der Waals surface area contributed by atoms with Gasteiger partial charge < -0.3 is 4.74 Å². The molecule has 2 rings (SSSR count). The number of thioether (sulfide) groups is 1. The lowest BCUT2D eigenvalue weighted by Gasteiger charge is -2.12. The van der Waals surface area contributed by atoms with Crippen LogP contribution in [-0.2, 0) is 22.4 Å². The standard InChI is InChI=1S/C16H14F3NO2S/c1-22-15(21)14-12(6-4-8-20-14)10-23-9-11-5-2-3-7-13(11)16(17,18)19/h2-8H,9-10H2,1H3. The highest BCUT2D eigenvalue weighted by atomic mass is 32.2. The Bertz CT molecular complexity index is 689. The van der Waals surface area contributed by atoms with E-state index in [0.717, 1.165) is 6.07 Å². The van der Waals surface area contributed by atoms with Crippen LogP contribution in [0.25, 0.3) is 0 Å². The summed E-state index contributed by atoms with van der Waals surface area (Å²) in [5.41, 5.74) is 0.404. The maximum atomic E-state index is 12.9. The highest BCUT2D eigenvalue weighted by Gasteiger charge is 2.32. The molecule has 0 atom stereocenters. The number of halogens is 3. The predicted octanol–water partition coefficient (Wildman–Crippen LogP) is 4.32. The Kier molecular flexibility index (Phi) is 5.65. The van der Waals surface area contributed by atoms with Crippen LogP contribution < -0.4 is 0 Å². The van der Waals surface area contributed by atoms with E-state index >= 15 is 0 Å². The van der Waals surface area contributed by atoms with Gasteiger partial charge in [0.25, 0.3) is 0 Å². The van der Waals surface area contributed by atoms with Crippen LogP contribution in [0.3, 0.4) is 0 Å². The van der Waals surface area contributed by atoms with Crippen molar-refractivity contribution in [1.29, 1.82) is 0 Å². The molecule has 0 aliphatic heterocycles. The fraction of sp³-hybridized carbons (Fsp3) is 0.250. The number of aromatic nitrogens is 1. The van der Waals surface area contributed by atoms with Crippen LogP contribution in [0.4, 0.5) is 13.2 Å². The Morgan fingerprint density at radius 3 is 2.48 bits per heavy atom. The summed E-state index contributed by atoms with van der Waals surface area (Å²) in [6.45, 7) is 0. The molecule has 1 aromatic carbocycles. The maximum absolute atomic E-state index is 12.9. The first-order valence-corrected chi connectivity index (χ1v) is 7.84. The Morgan fingerprint density at radius 2 is 1.78 bits per heavy atom. The van der Waals surface area contributed by atoms with Gasteiger partial charge in [-0.3, -0.25) is 0 Å². The lowest BCUT2D eigenvalue weighted by molar-refractivity contribution is -0.138. The largest absolute Gasteiger partial charge is 0.464 e. The number of esters is 1. The molecule has 0 fully saturated rings. The monoisotopic (exact) mass is 341 g/mol. The maximum Gasteiger partial charge on any atom is 0.416 e. The molecule has 0 saturated carbocycles. The Hall–Kier alpha value is -2.02. The van der Waals surface area contributed by atoms with Crippen molar-refractivity contribution >= 4 is 17.7 Å². The fourth-order valence-electron chi connectivity index (χ4n) is 2.03. The first-order valence-electron chi connectivity index (χ1n) is 6.68. The van der Waals surface area contributed by atoms with Gasteiger partial charge in [-0.05, 0) is 23.3 Å². The van der Waals surface area contributed by atoms with Crippen LogP contribution in [-0.4, -0.2) is 18.1 Å². The summed E-state index contributed by atoms with van der Waals surface area (Å²) in [7, 11) is 1.26. The number of hydrogen-bond donors (Lipinski definition) is 0. The van der Waals surface area contributed by atoms with Gasteiger partial charge in [0.15, 0.2) is 5.69 Å². The number of methoxy groups -OCH3 is 1. The summed E-state index contributed by atoms with van der Waals surface area (Å²) < 4.78 is 43.4. The lowest BCUT2D eigenvalue weighted by atomic mass is 10.1. The van der Waals surface area contributed by atoms with Crippen LogP contribution in [0.5, 0.6) is 0 Å². The van der Waals surface area contributed by atoms with E-state index in [2.05, 4.69) is 9.72 Å². The molecule has 1 heterocycles. The van der Waals surface area contributed by atoms with Gasteiger partial charge in [0.2, 0.25) is 0 Å². The Morgan fingerprint density at radius 1 is 1.13 bits per heavy atom. The van der Waals surface area contributed by atoms with E-state index in [0.29, 0.717) is 11.3 Å². The highest BCUT2D eigenvalue weighted by Crippen LogP contribution is 2.33. The number of alkyl halides is 3. The number of benzene rings is 1. The van der Waals surface area contributed by atoms with E-state index in [-0.39, 0.29) is 17.0 Å². The van der Waals surface area contributed by atoms with E-state index in [1.54, 1.807) is 18.2 Å².